The minimum Gasteiger partial charge on any atom is -0.489 e. The van der Waals surface area contributed by atoms with Gasteiger partial charge in [-0.05, 0) is 25.0 Å². The molecule has 0 fully saturated rings. The Balaban J connectivity index is 2.44. The van der Waals surface area contributed by atoms with E-state index in [0.717, 1.165) is 16.7 Å². The molecule has 0 amide bonds. The highest BCUT2D eigenvalue weighted by Gasteiger charge is 2.11. The predicted molar refractivity (Wildman–Crippen MR) is 75.1 cm³/mol. The maximum absolute atomic E-state index is 12.1. The van der Waals surface area contributed by atoms with Crippen molar-refractivity contribution >= 4 is 11.6 Å². The van der Waals surface area contributed by atoms with Gasteiger partial charge in [-0.25, -0.2) is 4.98 Å². The monoisotopic (exact) mass is 278 g/mol. The van der Waals surface area contributed by atoms with Crippen molar-refractivity contribution in [1.82, 2.24) is 9.55 Å². The molecule has 1 heterocycles. The summed E-state index contributed by atoms with van der Waals surface area (Å²) in [5, 5.41) is 0.0877. The Bertz CT molecular complexity index is 665. The lowest BCUT2D eigenvalue weighted by atomic mass is 10.1. The van der Waals surface area contributed by atoms with Crippen molar-refractivity contribution in [1.29, 1.82) is 0 Å². The summed E-state index contributed by atoms with van der Waals surface area (Å²) < 4.78 is 6.47. The fraction of sp³-hybridized carbons (Fsp3) is 0.286. The molecule has 0 aliphatic carbocycles. The number of rotatable bonds is 3. The maximum atomic E-state index is 12.1. The Morgan fingerprint density at radius 3 is 2.79 bits per heavy atom. The molecule has 0 saturated carbocycles. The number of hydrogen-bond acceptors (Lipinski definition) is 3. The fourth-order valence-corrected chi connectivity index (χ4v) is 2.09. The van der Waals surface area contributed by atoms with Gasteiger partial charge in [-0.2, -0.15) is 0 Å². The molecule has 5 heteroatoms. The van der Waals surface area contributed by atoms with Crippen LogP contribution in [0.15, 0.2) is 29.3 Å². The zero-order chi connectivity index (χ0) is 14.0. The molecule has 0 aliphatic heterocycles. The Kier molecular flexibility index (Phi) is 3.90. The Labute approximate surface area is 116 Å². The molecule has 0 spiro atoms. The lowest BCUT2D eigenvalue weighted by Gasteiger charge is -2.11. The van der Waals surface area contributed by atoms with Crippen molar-refractivity contribution in [2.24, 2.45) is 0 Å². The van der Waals surface area contributed by atoms with Gasteiger partial charge in [0, 0.05) is 0 Å². The van der Waals surface area contributed by atoms with Crippen molar-refractivity contribution < 1.29 is 4.74 Å². The van der Waals surface area contributed by atoms with Crippen LogP contribution in [0.25, 0.3) is 0 Å². The Morgan fingerprint density at radius 1 is 1.37 bits per heavy atom. The second-order valence-electron chi connectivity index (χ2n) is 4.43. The number of hydrogen-bond donors (Lipinski definition) is 0. The SMILES string of the molecule is COc1c(Cl)ncn(Cc2cc(C)ccc2C)c1=O. The van der Waals surface area contributed by atoms with Crippen LogP contribution in [0.1, 0.15) is 16.7 Å². The molecule has 0 unspecified atom stereocenters. The van der Waals surface area contributed by atoms with Crippen molar-refractivity contribution in [2.75, 3.05) is 7.11 Å². The quantitative estimate of drug-likeness (QED) is 0.811. The highest BCUT2D eigenvalue weighted by molar-refractivity contribution is 6.30. The summed E-state index contributed by atoms with van der Waals surface area (Å²) >= 11 is 5.81. The molecule has 0 saturated heterocycles. The van der Waals surface area contributed by atoms with Crippen LogP contribution in [0, 0.1) is 13.8 Å². The van der Waals surface area contributed by atoms with Crippen molar-refractivity contribution in [3.63, 3.8) is 0 Å². The van der Waals surface area contributed by atoms with Crippen LogP contribution >= 0.6 is 11.6 Å². The maximum Gasteiger partial charge on any atom is 0.297 e. The van der Waals surface area contributed by atoms with Gasteiger partial charge in [-0.1, -0.05) is 35.4 Å². The summed E-state index contributed by atoms with van der Waals surface area (Å²) in [6, 6.07) is 6.14. The van der Waals surface area contributed by atoms with Gasteiger partial charge in [0.15, 0.2) is 5.15 Å². The molecule has 0 radical (unpaired) electrons. The summed E-state index contributed by atoms with van der Waals surface area (Å²) in [6.07, 6.45) is 1.44. The van der Waals surface area contributed by atoms with E-state index in [0.29, 0.717) is 6.54 Å². The minimum absolute atomic E-state index is 0.0782. The minimum atomic E-state index is -0.275. The first-order valence-corrected chi connectivity index (χ1v) is 6.25. The van der Waals surface area contributed by atoms with E-state index in [1.54, 1.807) is 0 Å². The summed E-state index contributed by atoms with van der Waals surface area (Å²) in [7, 11) is 1.41. The van der Waals surface area contributed by atoms with Crippen molar-refractivity contribution in [2.45, 2.75) is 20.4 Å². The third-order valence-electron chi connectivity index (χ3n) is 3.00. The Hall–Kier alpha value is -1.81. The third-order valence-corrected chi connectivity index (χ3v) is 3.27. The van der Waals surface area contributed by atoms with Crippen LogP contribution in [0.3, 0.4) is 0 Å². The molecule has 0 aliphatic rings. The molecule has 0 bridgehead atoms. The molecular weight excluding hydrogens is 264 g/mol. The first kappa shape index (κ1) is 13.6. The molecule has 2 aromatic rings. The van der Waals surface area contributed by atoms with E-state index in [-0.39, 0.29) is 16.5 Å². The summed E-state index contributed by atoms with van der Waals surface area (Å²) in [4.78, 5) is 16.1. The number of halogens is 1. The molecule has 1 aromatic carbocycles. The van der Waals surface area contributed by atoms with Crippen LogP contribution in [0.2, 0.25) is 5.15 Å². The van der Waals surface area contributed by atoms with Gasteiger partial charge < -0.3 is 4.74 Å². The largest absolute Gasteiger partial charge is 0.489 e. The summed E-state index contributed by atoms with van der Waals surface area (Å²) in [6.45, 7) is 4.49. The Morgan fingerprint density at radius 2 is 2.11 bits per heavy atom. The van der Waals surface area contributed by atoms with Gasteiger partial charge in [0.25, 0.3) is 5.56 Å². The molecule has 1 aromatic heterocycles. The van der Waals surface area contributed by atoms with E-state index in [1.807, 2.05) is 26.0 Å². The third kappa shape index (κ3) is 2.79. The molecular formula is C14H15ClN2O2. The molecule has 2 rings (SSSR count). The van der Waals surface area contributed by atoms with E-state index in [9.17, 15) is 4.79 Å². The van der Waals surface area contributed by atoms with Crippen LogP contribution in [0.4, 0.5) is 0 Å². The van der Waals surface area contributed by atoms with E-state index in [4.69, 9.17) is 16.3 Å². The van der Waals surface area contributed by atoms with Gasteiger partial charge in [-0.3, -0.25) is 9.36 Å². The van der Waals surface area contributed by atoms with Crippen LogP contribution in [-0.2, 0) is 6.54 Å². The van der Waals surface area contributed by atoms with E-state index >= 15 is 0 Å². The smallest absolute Gasteiger partial charge is 0.297 e. The predicted octanol–water partition coefficient (Wildman–Crippen LogP) is 2.57. The molecule has 19 heavy (non-hydrogen) atoms. The number of methoxy groups -OCH3 is 1. The van der Waals surface area contributed by atoms with E-state index in [1.165, 1.54) is 18.0 Å². The molecule has 0 N–H and O–H groups in total. The number of ether oxygens (including phenoxy) is 1. The second-order valence-corrected chi connectivity index (χ2v) is 4.79. The number of benzene rings is 1. The van der Waals surface area contributed by atoms with Crippen LogP contribution in [0.5, 0.6) is 5.75 Å². The normalized spacial score (nSPS) is 10.5. The molecule has 4 nitrogen and oxygen atoms in total. The first-order chi connectivity index (χ1) is 9.02. The summed E-state index contributed by atoms with van der Waals surface area (Å²) in [5.41, 5.74) is 3.09. The van der Waals surface area contributed by atoms with E-state index < -0.39 is 0 Å². The number of aromatic nitrogens is 2. The lowest BCUT2D eigenvalue weighted by Crippen LogP contribution is -2.23. The number of nitrogens with zero attached hydrogens (tertiary/aromatic N) is 2. The molecule has 100 valence electrons. The lowest BCUT2D eigenvalue weighted by molar-refractivity contribution is 0.401. The van der Waals surface area contributed by atoms with Crippen molar-refractivity contribution in [3.05, 3.63) is 56.7 Å². The van der Waals surface area contributed by atoms with Crippen LogP contribution < -0.4 is 10.3 Å². The van der Waals surface area contributed by atoms with Gasteiger partial charge in [0.05, 0.1) is 20.0 Å². The average molecular weight is 279 g/mol. The van der Waals surface area contributed by atoms with Crippen molar-refractivity contribution in [3.8, 4) is 5.75 Å². The number of aryl methyl sites for hydroxylation is 2. The highest BCUT2D eigenvalue weighted by atomic mass is 35.5. The average Bonchev–Trinajstić information content (AvgIpc) is 2.38. The second kappa shape index (κ2) is 5.45. The van der Waals surface area contributed by atoms with Crippen LogP contribution in [-0.4, -0.2) is 16.7 Å². The summed E-state index contributed by atoms with van der Waals surface area (Å²) in [5.74, 6) is 0.0782. The zero-order valence-corrected chi connectivity index (χ0v) is 11.9. The highest BCUT2D eigenvalue weighted by Crippen LogP contribution is 2.16. The standard InChI is InChI=1S/C14H15ClN2O2/c1-9-4-5-10(2)11(6-9)7-17-8-16-13(15)12(19-3)14(17)18/h4-6,8H,7H2,1-3H3. The first-order valence-electron chi connectivity index (χ1n) is 5.88. The van der Waals surface area contributed by atoms with Gasteiger partial charge in [0.1, 0.15) is 0 Å². The zero-order valence-electron chi connectivity index (χ0n) is 11.1. The molecule has 0 atom stereocenters. The van der Waals surface area contributed by atoms with E-state index in [2.05, 4.69) is 11.1 Å². The van der Waals surface area contributed by atoms with Gasteiger partial charge in [-0.15, -0.1) is 0 Å². The fourth-order valence-electron chi connectivity index (χ4n) is 1.89. The van der Waals surface area contributed by atoms with Gasteiger partial charge >= 0.3 is 0 Å². The topological polar surface area (TPSA) is 44.1 Å². The van der Waals surface area contributed by atoms with Gasteiger partial charge in [0.2, 0.25) is 5.75 Å².